The van der Waals surface area contributed by atoms with Crippen LogP contribution in [0.5, 0.6) is 0 Å². The molecule has 0 aromatic carbocycles. The molecular weight excluding hydrogens is 290 g/mol. The van der Waals surface area contributed by atoms with Crippen LogP contribution in [-0.2, 0) is 11.3 Å². The average molecular weight is 311 g/mol. The van der Waals surface area contributed by atoms with E-state index in [2.05, 4.69) is 10.6 Å². The molecule has 21 heavy (non-hydrogen) atoms. The van der Waals surface area contributed by atoms with Crippen molar-refractivity contribution < 1.29 is 13.9 Å². The molecule has 6 nitrogen and oxygen atoms in total. The van der Waals surface area contributed by atoms with Crippen molar-refractivity contribution in [3.63, 3.8) is 0 Å². The first-order chi connectivity index (χ1) is 10.2. The molecule has 0 atom stereocenters. The number of rotatable bonds is 4. The van der Waals surface area contributed by atoms with E-state index in [0.29, 0.717) is 31.4 Å². The third-order valence-electron chi connectivity index (χ3n) is 3.36. The minimum absolute atomic E-state index is 0.227. The number of hydrogen-bond donors (Lipinski definition) is 2. The lowest BCUT2D eigenvalue weighted by molar-refractivity contribution is 0.0963. The van der Waals surface area contributed by atoms with E-state index in [-0.39, 0.29) is 12.1 Å². The number of hydrogen-bond acceptors (Lipinski definition) is 4. The third-order valence-corrected chi connectivity index (χ3v) is 3.62. The molecule has 1 aromatic heterocycles. The summed E-state index contributed by atoms with van der Waals surface area (Å²) in [6.07, 6.45) is 3.14. The van der Waals surface area contributed by atoms with Gasteiger partial charge < -0.3 is 24.7 Å². The van der Waals surface area contributed by atoms with Crippen LogP contribution in [0, 0.1) is 0 Å². The summed E-state index contributed by atoms with van der Waals surface area (Å²) < 4.78 is 10.2. The first-order valence-corrected chi connectivity index (χ1v) is 7.58. The first kappa shape index (κ1) is 15.6. The zero-order valence-corrected chi connectivity index (χ0v) is 12.9. The molecule has 1 aliphatic heterocycles. The van der Waals surface area contributed by atoms with Gasteiger partial charge in [0.1, 0.15) is 5.76 Å². The number of thiocarbonyl (C=S) groups is 1. The Kier molecular flexibility index (Phi) is 5.86. The molecular formula is C14H21N3O3S. The van der Waals surface area contributed by atoms with E-state index in [1.807, 2.05) is 19.1 Å². The van der Waals surface area contributed by atoms with Crippen molar-refractivity contribution in [3.05, 3.63) is 24.2 Å². The minimum atomic E-state index is -0.227. The van der Waals surface area contributed by atoms with Crippen molar-refractivity contribution in [2.75, 3.05) is 19.7 Å². The molecule has 2 rings (SSSR count). The molecule has 1 amide bonds. The van der Waals surface area contributed by atoms with Crippen LogP contribution in [0.25, 0.3) is 0 Å². The molecule has 1 saturated heterocycles. The van der Waals surface area contributed by atoms with E-state index in [1.165, 1.54) is 0 Å². The highest BCUT2D eigenvalue weighted by atomic mass is 32.1. The van der Waals surface area contributed by atoms with E-state index in [1.54, 1.807) is 11.2 Å². The SMILES string of the molecule is CCOC(=O)N1CCC(NC(=S)NCc2ccco2)CC1. The van der Waals surface area contributed by atoms with Crippen molar-refractivity contribution in [3.8, 4) is 0 Å². The maximum Gasteiger partial charge on any atom is 0.409 e. The summed E-state index contributed by atoms with van der Waals surface area (Å²) in [5.74, 6) is 0.844. The van der Waals surface area contributed by atoms with Crippen LogP contribution >= 0.6 is 12.2 Å². The number of nitrogens with one attached hydrogen (secondary N) is 2. The summed E-state index contributed by atoms with van der Waals surface area (Å²) in [6.45, 7) is 4.18. The highest BCUT2D eigenvalue weighted by molar-refractivity contribution is 7.80. The monoisotopic (exact) mass is 311 g/mol. The Morgan fingerprint density at radius 1 is 1.52 bits per heavy atom. The van der Waals surface area contributed by atoms with Crippen molar-refractivity contribution in [2.45, 2.75) is 32.4 Å². The van der Waals surface area contributed by atoms with Crippen molar-refractivity contribution in [2.24, 2.45) is 0 Å². The summed E-state index contributed by atoms with van der Waals surface area (Å²) in [5.41, 5.74) is 0. The summed E-state index contributed by atoms with van der Waals surface area (Å²) in [6, 6.07) is 4.03. The predicted molar refractivity (Wildman–Crippen MR) is 82.9 cm³/mol. The van der Waals surface area contributed by atoms with Crippen molar-refractivity contribution in [1.82, 2.24) is 15.5 Å². The van der Waals surface area contributed by atoms with Gasteiger partial charge in [-0.3, -0.25) is 0 Å². The number of carbonyl (C=O) groups is 1. The van der Waals surface area contributed by atoms with Crippen LogP contribution in [0.1, 0.15) is 25.5 Å². The largest absolute Gasteiger partial charge is 0.467 e. The summed E-state index contributed by atoms with van der Waals surface area (Å²) in [4.78, 5) is 13.3. The van der Waals surface area contributed by atoms with Gasteiger partial charge in [0.25, 0.3) is 0 Å². The van der Waals surface area contributed by atoms with E-state index < -0.39 is 0 Å². The Morgan fingerprint density at radius 3 is 2.90 bits per heavy atom. The van der Waals surface area contributed by atoms with Crippen molar-refractivity contribution in [1.29, 1.82) is 0 Å². The van der Waals surface area contributed by atoms with E-state index in [4.69, 9.17) is 21.4 Å². The van der Waals surface area contributed by atoms with E-state index in [9.17, 15) is 4.79 Å². The van der Waals surface area contributed by atoms with Gasteiger partial charge in [0.15, 0.2) is 5.11 Å². The molecule has 0 unspecified atom stereocenters. The number of piperidine rings is 1. The van der Waals surface area contributed by atoms with Gasteiger partial charge in [0.2, 0.25) is 0 Å². The Bertz CT molecular complexity index is 456. The topological polar surface area (TPSA) is 66.7 Å². The molecule has 2 heterocycles. The van der Waals surface area contributed by atoms with Gasteiger partial charge in [-0.1, -0.05) is 0 Å². The van der Waals surface area contributed by atoms with Gasteiger partial charge in [-0.05, 0) is 44.1 Å². The molecule has 7 heteroatoms. The number of likely N-dealkylation sites (tertiary alicyclic amines) is 1. The Hall–Kier alpha value is -1.76. The number of nitrogens with zero attached hydrogens (tertiary/aromatic N) is 1. The van der Waals surface area contributed by atoms with Gasteiger partial charge in [-0.15, -0.1) is 0 Å². The average Bonchev–Trinajstić information content (AvgIpc) is 2.99. The molecule has 1 aliphatic rings. The quantitative estimate of drug-likeness (QED) is 0.828. The smallest absolute Gasteiger partial charge is 0.409 e. The summed E-state index contributed by atoms with van der Waals surface area (Å²) in [7, 11) is 0. The summed E-state index contributed by atoms with van der Waals surface area (Å²) >= 11 is 5.26. The van der Waals surface area contributed by atoms with Gasteiger partial charge in [-0.2, -0.15) is 0 Å². The number of carbonyl (C=O) groups excluding carboxylic acids is 1. The van der Waals surface area contributed by atoms with Gasteiger partial charge >= 0.3 is 6.09 Å². The second kappa shape index (κ2) is 7.87. The zero-order chi connectivity index (χ0) is 15.1. The fraction of sp³-hybridized carbons (Fsp3) is 0.571. The van der Waals surface area contributed by atoms with E-state index >= 15 is 0 Å². The van der Waals surface area contributed by atoms with Gasteiger partial charge in [-0.25, -0.2) is 4.79 Å². The lowest BCUT2D eigenvalue weighted by Gasteiger charge is -2.32. The Labute approximate surface area is 129 Å². The van der Waals surface area contributed by atoms with Gasteiger partial charge in [0.05, 0.1) is 19.4 Å². The Balaban J connectivity index is 1.66. The lowest BCUT2D eigenvalue weighted by Crippen LogP contribution is -2.49. The van der Waals surface area contributed by atoms with Crippen LogP contribution in [0.2, 0.25) is 0 Å². The molecule has 116 valence electrons. The molecule has 0 aliphatic carbocycles. The first-order valence-electron chi connectivity index (χ1n) is 7.17. The van der Waals surface area contributed by atoms with E-state index in [0.717, 1.165) is 18.6 Å². The second-order valence-corrected chi connectivity index (χ2v) is 5.27. The summed E-state index contributed by atoms with van der Waals surface area (Å²) in [5, 5.41) is 6.99. The normalized spacial score (nSPS) is 15.6. The molecule has 0 radical (unpaired) electrons. The van der Waals surface area contributed by atoms with Crippen LogP contribution in [-0.4, -0.2) is 41.8 Å². The van der Waals surface area contributed by atoms with Crippen molar-refractivity contribution >= 4 is 23.4 Å². The number of ether oxygens (including phenoxy) is 1. The minimum Gasteiger partial charge on any atom is -0.467 e. The lowest BCUT2D eigenvalue weighted by atomic mass is 10.1. The number of furan rings is 1. The second-order valence-electron chi connectivity index (χ2n) is 4.87. The maximum atomic E-state index is 11.6. The Morgan fingerprint density at radius 2 is 2.29 bits per heavy atom. The molecule has 1 aromatic rings. The predicted octanol–water partition coefficient (Wildman–Crippen LogP) is 1.86. The molecule has 1 fully saturated rings. The molecule has 2 N–H and O–H groups in total. The standard InChI is InChI=1S/C14H21N3O3S/c1-2-19-14(18)17-7-5-11(6-8-17)16-13(21)15-10-12-4-3-9-20-12/h3-4,9,11H,2,5-8,10H2,1H3,(H2,15,16,21). The van der Waals surface area contributed by atoms with Crippen LogP contribution < -0.4 is 10.6 Å². The number of amides is 1. The van der Waals surface area contributed by atoms with Crippen LogP contribution in [0.3, 0.4) is 0 Å². The highest BCUT2D eigenvalue weighted by Gasteiger charge is 2.23. The third kappa shape index (κ3) is 4.93. The maximum absolute atomic E-state index is 11.6. The fourth-order valence-corrected chi connectivity index (χ4v) is 2.48. The zero-order valence-electron chi connectivity index (χ0n) is 12.1. The fourth-order valence-electron chi connectivity index (χ4n) is 2.24. The van der Waals surface area contributed by atoms with Crippen LogP contribution in [0.4, 0.5) is 4.79 Å². The molecule has 0 spiro atoms. The van der Waals surface area contributed by atoms with Crippen LogP contribution in [0.15, 0.2) is 22.8 Å². The molecule has 0 saturated carbocycles. The molecule has 0 bridgehead atoms. The highest BCUT2D eigenvalue weighted by Crippen LogP contribution is 2.11. The van der Waals surface area contributed by atoms with Gasteiger partial charge in [0, 0.05) is 19.1 Å².